The van der Waals surface area contributed by atoms with Crippen LogP contribution < -0.4 is 14.4 Å². The molecule has 0 bridgehead atoms. The van der Waals surface area contributed by atoms with Gasteiger partial charge in [-0.15, -0.1) is 0 Å². The molecule has 1 amide bonds. The molecule has 3 rings (SSSR count). The summed E-state index contributed by atoms with van der Waals surface area (Å²) in [5.41, 5.74) is 1.50. The molecule has 0 saturated heterocycles. The smallest absolute Gasteiger partial charge is 0.264 e. The Morgan fingerprint density at radius 3 is 2.12 bits per heavy atom. The standard InChI is InChI=1S/C25H28N2O4S/c1-3-31-23-16-14-22(15-17-23)27(32(29,30)24-12-8-5-9-13-24)19-25(28)26-18-20(2)21-10-6-4-7-11-21/h4-17,20H,3,18-19H2,1-2H3,(H,26,28)/t20-/m1/s1. The third-order valence-electron chi connectivity index (χ3n) is 5.03. The van der Waals surface area contributed by atoms with Crippen LogP contribution in [0.5, 0.6) is 5.75 Å². The zero-order valence-corrected chi connectivity index (χ0v) is 19.1. The Labute approximate surface area is 189 Å². The summed E-state index contributed by atoms with van der Waals surface area (Å²) < 4.78 is 33.3. The average Bonchev–Trinajstić information content (AvgIpc) is 2.83. The summed E-state index contributed by atoms with van der Waals surface area (Å²) in [6.07, 6.45) is 0. The lowest BCUT2D eigenvalue weighted by molar-refractivity contribution is -0.119. The number of anilines is 1. The van der Waals surface area contributed by atoms with E-state index in [9.17, 15) is 13.2 Å². The Morgan fingerprint density at radius 2 is 1.53 bits per heavy atom. The zero-order chi connectivity index (χ0) is 23.0. The molecule has 6 nitrogen and oxygen atoms in total. The fourth-order valence-electron chi connectivity index (χ4n) is 3.26. The summed E-state index contributed by atoms with van der Waals surface area (Å²) in [5, 5.41) is 2.87. The van der Waals surface area contributed by atoms with E-state index in [1.807, 2.05) is 44.2 Å². The Hall–Kier alpha value is -3.32. The maximum absolute atomic E-state index is 13.4. The van der Waals surface area contributed by atoms with Crippen LogP contribution in [0, 0.1) is 0 Å². The van der Waals surface area contributed by atoms with Crippen molar-refractivity contribution in [1.82, 2.24) is 5.32 Å². The highest BCUT2D eigenvalue weighted by Gasteiger charge is 2.27. The van der Waals surface area contributed by atoms with Gasteiger partial charge >= 0.3 is 0 Å². The van der Waals surface area contributed by atoms with E-state index < -0.39 is 10.0 Å². The number of benzene rings is 3. The Kier molecular flexibility index (Phi) is 7.89. The predicted molar refractivity (Wildman–Crippen MR) is 126 cm³/mol. The van der Waals surface area contributed by atoms with Crippen molar-refractivity contribution in [2.45, 2.75) is 24.7 Å². The van der Waals surface area contributed by atoms with E-state index in [1.165, 1.54) is 12.1 Å². The van der Waals surface area contributed by atoms with Gasteiger partial charge in [0, 0.05) is 6.54 Å². The summed E-state index contributed by atoms with van der Waals surface area (Å²) in [4.78, 5) is 12.9. The van der Waals surface area contributed by atoms with E-state index in [-0.39, 0.29) is 23.3 Å². The van der Waals surface area contributed by atoms with Crippen LogP contribution in [0.4, 0.5) is 5.69 Å². The minimum atomic E-state index is -3.93. The summed E-state index contributed by atoms with van der Waals surface area (Å²) in [7, 11) is -3.93. The molecule has 0 aliphatic carbocycles. The molecule has 0 aliphatic heterocycles. The molecule has 32 heavy (non-hydrogen) atoms. The zero-order valence-electron chi connectivity index (χ0n) is 18.3. The molecule has 3 aromatic carbocycles. The Bertz CT molecular complexity index is 1100. The molecule has 0 fully saturated rings. The highest BCUT2D eigenvalue weighted by Crippen LogP contribution is 2.26. The van der Waals surface area contributed by atoms with E-state index in [4.69, 9.17) is 4.74 Å². The number of nitrogens with zero attached hydrogens (tertiary/aromatic N) is 1. The number of hydrogen-bond donors (Lipinski definition) is 1. The molecule has 1 N–H and O–H groups in total. The summed E-state index contributed by atoms with van der Waals surface area (Å²) in [5.74, 6) is 0.362. The van der Waals surface area contributed by atoms with E-state index >= 15 is 0 Å². The van der Waals surface area contributed by atoms with Crippen molar-refractivity contribution in [3.63, 3.8) is 0 Å². The molecule has 0 aromatic heterocycles. The molecule has 7 heteroatoms. The van der Waals surface area contributed by atoms with Gasteiger partial charge in [-0.05, 0) is 54.8 Å². The van der Waals surface area contributed by atoms with Crippen molar-refractivity contribution in [2.24, 2.45) is 0 Å². The first-order chi connectivity index (χ1) is 15.4. The molecule has 0 heterocycles. The van der Waals surface area contributed by atoms with Crippen molar-refractivity contribution in [3.05, 3.63) is 90.5 Å². The third-order valence-corrected chi connectivity index (χ3v) is 6.82. The molecule has 0 saturated carbocycles. The number of rotatable bonds is 10. The minimum absolute atomic E-state index is 0.102. The van der Waals surface area contributed by atoms with Crippen LogP contribution in [0.2, 0.25) is 0 Å². The third kappa shape index (κ3) is 5.88. The van der Waals surface area contributed by atoms with E-state index in [1.54, 1.807) is 42.5 Å². The van der Waals surface area contributed by atoms with Gasteiger partial charge < -0.3 is 10.1 Å². The number of carbonyl (C=O) groups excluding carboxylic acids is 1. The van der Waals surface area contributed by atoms with Gasteiger partial charge in [0.15, 0.2) is 0 Å². The fourth-order valence-corrected chi connectivity index (χ4v) is 4.70. The second-order valence-corrected chi connectivity index (χ2v) is 9.23. The molecule has 0 radical (unpaired) electrons. The van der Waals surface area contributed by atoms with Crippen LogP contribution >= 0.6 is 0 Å². The van der Waals surface area contributed by atoms with Crippen LogP contribution in [-0.2, 0) is 14.8 Å². The molecule has 168 valence electrons. The topological polar surface area (TPSA) is 75.7 Å². The number of carbonyl (C=O) groups is 1. The average molecular weight is 453 g/mol. The van der Waals surface area contributed by atoms with Gasteiger partial charge in [0.25, 0.3) is 10.0 Å². The van der Waals surface area contributed by atoms with Gasteiger partial charge in [0.05, 0.1) is 17.2 Å². The maximum atomic E-state index is 13.4. The summed E-state index contributed by atoms with van der Waals surface area (Å²) in [6, 6.07) is 24.6. The second-order valence-electron chi connectivity index (χ2n) is 7.37. The molecule has 3 aromatic rings. The van der Waals surface area contributed by atoms with E-state index in [0.29, 0.717) is 24.6 Å². The molecular weight excluding hydrogens is 424 g/mol. The quantitative estimate of drug-likeness (QED) is 0.500. The molecule has 1 atom stereocenters. The van der Waals surface area contributed by atoms with Crippen LogP contribution in [0.15, 0.2) is 89.8 Å². The Morgan fingerprint density at radius 1 is 0.938 bits per heavy atom. The van der Waals surface area contributed by atoms with Crippen LogP contribution in [0.3, 0.4) is 0 Å². The lowest BCUT2D eigenvalue weighted by Gasteiger charge is -2.24. The lowest BCUT2D eigenvalue weighted by Crippen LogP contribution is -2.41. The van der Waals surface area contributed by atoms with Crippen molar-refractivity contribution < 1.29 is 17.9 Å². The lowest BCUT2D eigenvalue weighted by atomic mass is 10.0. The number of sulfonamides is 1. The largest absolute Gasteiger partial charge is 0.494 e. The second kappa shape index (κ2) is 10.8. The first-order valence-electron chi connectivity index (χ1n) is 10.5. The number of ether oxygens (including phenoxy) is 1. The number of amides is 1. The Balaban J connectivity index is 1.80. The fraction of sp³-hybridized carbons (Fsp3) is 0.240. The number of nitrogens with one attached hydrogen (secondary N) is 1. The van der Waals surface area contributed by atoms with Gasteiger partial charge in [-0.3, -0.25) is 9.10 Å². The van der Waals surface area contributed by atoms with Gasteiger partial charge in [-0.1, -0.05) is 55.5 Å². The molecular formula is C25H28N2O4S. The SMILES string of the molecule is CCOc1ccc(N(CC(=O)NC[C@@H](C)c2ccccc2)S(=O)(=O)c2ccccc2)cc1. The molecule has 0 spiro atoms. The molecule has 0 aliphatic rings. The number of hydrogen-bond acceptors (Lipinski definition) is 4. The van der Waals surface area contributed by atoms with E-state index in [2.05, 4.69) is 5.32 Å². The van der Waals surface area contributed by atoms with Crippen molar-refractivity contribution in [1.29, 1.82) is 0 Å². The highest BCUT2D eigenvalue weighted by atomic mass is 32.2. The van der Waals surface area contributed by atoms with Gasteiger partial charge in [0.1, 0.15) is 12.3 Å². The maximum Gasteiger partial charge on any atom is 0.264 e. The van der Waals surface area contributed by atoms with Gasteiger partial charge in [-0.2, -0.15) is 0 Å². The first-order valence-corrected chi connectivity index (χ1v) is 12.0. The summed E-state index contributed by atoms with van der Waals surface area (Å²) in [6.45, 7) is 4.48. The van der Waals surface area contributed by atoms with Gasteiger partial charge in [-0.25, -0.2) is 8.42 Å². The van der Waals surface area contributed by atoms with Crippen LogP contribution in [0.25, 0.3) is 0 Å². The van der Waals surface area contributed by atoms with Crippen LogP contribution in [0.1, 0.15) is 25.3 Å². The van der Waals surface area contributed by atoms with Crippen LogP contribution in [-0.4, -0.2) is 34.0 Å². The van der Waals surface area contributed by atoms with E-state index in [0.717, 1.165) is 9.87 Å². The molecule has 0 unspecified atom stereocenters. The highest BCUT2D eigenvalue weighted by molar-refractivity contribution is 7.92. The minimum Gasteiger partial charge on any atom is -0.494 e. The van der Waals surface area contributed by atoms with Crippen molar-refractivity contribution in [2.75, 3.05) is 24.0 Å². The van der Waals surface area contributed by atoms with Crippen molar-refractivity contribution in [3.8, 4) is 5.75 Å². The van der Waals surface area contributed by atoms with Gasteiger partial charge in [0.2, 0.25) is 5.91 Å². The monoisotopic (exact) mass is 452 g/mol. The van der Waals surface area contributed by atoms with Crippen molar-refractivity contribution >= 4 is 21.6 Å². The first kappa shape index (κ1) is 23.3. The summed E-state index contributed by atoms with van der Waals surface area (Å²) >= 11 is 0. The predicted octanol–water partition coefficient (Wildman–Crippen LogP) is 4.20. The normalized spacial score (nSPS) is 12.1.